The number of methoxy groups -OCH3 is 2. The van der Waals surface area contributed by atoms with Crippen molar-refractivity contribution in [3.8, 4) is 11.5 Å². The Bertz CT molecular complexity index is 1290. The predicted molar refractivity (Wildman–Crippen MR) is 125 cm³/mol. The van der Waals surface area contributed by atoms with E-state index < -0.39 is 16.1 Å². The van der Waals surface area contributed by atoms with Crippen LogP contribution < -0.4 is 9.47 Å². The molecule has 3 aromatic rings. The Hall–Kier alpha value is -3.03. The summed E-state index contributed by atoms with van der Waals surface area (Å²) < 4.78 is 39.3. The summed E-state index contributed by atoms with van der Waals surface area (Å²) in [6.45, 7) is 1.77. The maximum Gasteiger partial charge on any atom is 0.279 e. The van der Waals surface area contributed by atoms with Gasteiger partial charge in [-0.15, -0.1) is 0 Å². The summed E-state index contributed by atoms with van der Waals surface area (Å²) in [5.74, 6) is 1.13. The fourth-order valence-corrected chi connectivity index (χ4v) is 5.74. The lowest BCUT2D eigenvalue weighted by molar-refractivity contribution is 0.355. The van der Waals surface area contributed by atoms with E-state index in [1.807, 2.05) is 30.3 Å². The van der Waals surface area contributed by atoms with Gasteiger partial charge < -0.3 is 9.47 Å². The van der Waals surface area contributed by atoms with Gasteiger partial charge in [-0.1, -0.05) is 48.0 Å². The number of ether oxygens (including phenoxy) is 2. The van der Waals surface area contributed by atoms with Crippen LogP contribution in [0, 0.1) is 6.92 Å². The second-order valence-electron chi connectivity index (χ2n) is 7.40. The highest BCUT2D eigenvalue weighted by molar-refractivity contribution is 7.89. The molecule has 3 aromatic carbocycles. The zero-order valence-corrected chi connectivity index (χ0v) is 19.5. The van der Waals surface area contributed by atoms with Gasteiger partial charge in [0.1, 0.15) is 0 Å². The van der Waals surface area contributed by atoms with Crippen LogP contribution in [0.3, 0.4) is 0 Å². The zero-order chi connectivity index (χ0) is 22.9. The number of benzene rings is 3. The first kappa shape index (κ1) is 22.2. The third kappa shape index (κ3) is 3.94. The van der Waals surface area contributed by atoms with Crippen molar-refractivity contribution < 1.29 is 17.9 Å². The van der Waals surface area contributed by atoms with E-state index in [-0.39, 0.29) is 4.90 Å². The van der Waals surface area contributed by atoms with Crippen molar-refractivity contribution in [2.45, 2.75) is 24.3 Å². The van der Waals surface area contributed by atoms with E-state index in [0.717, 1.165) is 5.56 Å². The average Bonchev–Trinajstić information content (AvgIpc) is 3.25. The van der Waals surface area contributed by atoms with Crippen molar-refractivity contribution in [3.63, 3.8) is 0 Å². The van der Waals surface area contributed by atoms with Crippen molar-refractivity contribution in [2.24, 2.45) is 5.10 Å². The smallest absolute Gasteiger partial charge is 0.279 e. The van der Waals surface area contributed by atoms with Gasteiger partial charge >= 0.3 is 0 Å². The standard InChI is InChI=1S/C24H23ClN2O4S/c1-16-8-4-7-11-24(16)32(28,29)27-21(18-9-5-6-10-19(18)25)15-20(26-27)17-12-13-22(30-2)23(14-17)31-3/h4-14,21H,15H2,1-3H3. The molecule has 6 nitrogen and oxygen atoms in total. The molecule has 1 aliphatic rings. The molecular weight excluding hydrogens is 448 g/mol. The van der Waals surface area contributed by atoms with Gasteiger partial charge in [0.15, 0.2) is 11.5 Å². The lowest BCUT2D eigenvalue weighted by Crippen LogP contribution is -2.28. The van der Waals surface area contributed by atoms with Crippen molar-refractivity contribution in [1.82, 2.24) is 4.41 Å². The third-order valence-electron chi connectivity index (χ3n) is 5.47. The molecule has 0 fully saturated rings. The topological polar surface area (TPSA) is 68.2 Å². The highest BCUT2D eigenvalue weighted by atomic mass is 35.5. The number of nitrogens with zero attached hydrogens (tertiary/aromatic N) is 2. The predicted octanol–water partition coefficient (Wildman–Crippen LogP) is 5.21. The second kappa shape index (κ2) is 8.84. The van der Waals surface area contributed by atoms with Gasteiger partial charge in [0, 0.05) is 17.0 Å². The normalized spacial score (nSPS) is 16.1. The zero-order valence-electron chi connectivity index (χ0n) is 17.9. The summed E-state index contributed by atoms with van der Waals surface area (Å²) in [7, 11) is -0.802. The monoisotopic (exact) mass is 470 g/mol. The van der Waals surface area contributed by atoms with Crippen LogP contribution >= 0.6 is 11.6 Å². The highest BCUT2D eigenvalue weighted by Gasteiger charge is 2.39. The summed E-state index contributed by atoms with van der Waals surface area (Å²) in [4.78, 5) is 0.217. The molecule has 0 aromatic heterocycles. The van der Waals surface area contributed by atoms with Crippen LogP contribution in [0.5, 0.6) is 11.5 Å². The molecule has 32 heavy (non-hydrogen) atoms. The van der Waals surface area contributed by atoms with Crippen LogP contribution in [0.25, 0.3) is 0 Å². The largest absolute Gasteiger partial charge is 0.493 e. The van der Waals surface area contributed by atoms with E-state index in [1.165, 1.54) is 4.41 Å². The molecule has 0 amide bonds. The van der Waals surface area contributed by atoms with Crippen LogP contribution in [0.4, 0.5) is 0 Å². The molecule has 8 heteroatoms. The number of rotatable bonds is 6. The van der Waals surface area contributed by atoms with E-state index in [0.29, 0.717) is 39.8 Å². The minimum absolute atomic E-state index is 0.217. The van der Waals surface area contributed by atoms with Crippen LogP contribution in [-0.2, 0) is 10.0 Å². The molecular formula is C24H23ClN2O4S. The summed E-state index contributed by atoms with van der Waals surface area (Å²) >= 11 is 6.47. The fraction of sp³-hybridized carbons (Fsp3) is 0.208. The number of aryl methyl sites for hydroxylation is 1. The molecule has 0 spiro atoms. The third-order valence-corrected chi connectivity index (χ3v) is 7.66. The second-order valence-corrected chi connectivity index (χ2v) is 9.57. The molecule has 4 rings (SSSR count). The lowest BCUT2D eigenvalue weighted by Gasteiger charge is -2.24. The van der Waals surface area contributed by atoms with Crippen LogP contribution in [0.1, 0.15) is 29.2 Å². The minimum atomic E-state index is -3.92. The molecule has 0 aliphatic carbocycles. The Kier molecular flexibility index (Phi) is 6.13. The Morgan fingerprint density at radius 1 is 0.969 bits per heavy atom. The van der Waals surface area contributed by atoms with Crippen molar-refractivity contribution >= 4 is 27.3 Å². The number of hydrazone groups is 1. The average molecular weight is 471 g/mol. The first-order valence-electron chi connectivity index (χ1n) is 10.0. The molecule has 1 heterocycles. The van der Waals surface area contributed by atoms with Gasteiger partial charge in [-0.2, -0.15) is 17.9 Å². The molecule has 0 saturated carbocycles. The van der Waals surface area contributed by atoms with Gasteiger partial charge in [0.25, 0.3) is 10.0 Å². The molecule has 0 bridgehead atoms. The summed E-state index contributed by atoms with van der Waals surface area (Å²) in [6, 6.07) is 19.0. The maximum atomic E-state index is 13.7. The summed E-state index contributed by atoms with van der Waals surface area (Å²) in [5, 5.41) is 5.08. The van der Waals surface area contributed by atoms with E-state index in [4.69, 9.17) is 21.1 Å². The van der Waals surface area contributed by atoms with Crippen LogP contribution in [0.2, 0.25) is 5.02 Å². The van der Waals surface area contributed by atoms with Crippen molar-refractivity contribution in [2.75, 3.05) is 14.2 Å². The molecule has 1 atom stereocenters. The van der Waals surface area contributed by atoms with Gasteiger partial charge in [0.05, 0.1) is 30.9 Å². The SMILES string of the molecule is COc1ccc(C2=NN(S(=O)(=O)c3ccccc3C)C(c3ccccc3Cl)C2)cc1OC. The molecule has 0 N–H and O–H groups in total. The van der Waals surface area contributed by atoms with Crippen molar-refractivity contribution in [3.05, 3.63) is 88.4 Å². The van der Waals surface area contributed by atoms with E-state index in [2.05, 4.69) is 5.10 Å². The number of sulfonamides is 1. The van der Waals surface area contributed by atoms with Gasteiger partial charge in [-0.05, 0) is 48.4 Å². The number of halogens is 1. The summed E-state index contributed by atoms with van der Waals surface area (Å²) in [6.07, 6.45) is 0.365. The molecule has 1 aliphatic heterocycles. The molecule has 0 radical (unpaired) electrons. The van der Waals surface area contributed by atoms with Gasteiger partial charge in [-0.25, -0.2) is 0 Å². The number of hydrogen-bond donors (Lipinski definition) is 0. The first-order valence-corrected chi connectivity index (χ1v) is 11.8. The van der Waals surface area contributed by atoms with Crippen molar-refractivity contribution in [1.29, 1.82) is 0 Å². The first-order chi connectivity index (χ1) is 15.4. The molecule has 166 valence electrons. The van der Waals surface area contributed by atoms with Gasteiger partial charge in [0.2, 0.25) is 0 Å². The Morgan fingerprint density at radius 2 is 1.66 bits per heavy atom. The van der Waals surface area contributed by atoms with Crippen LogP contribution in [-0.4, -0.2) is 32.8 Å². The van der Waals surface area contributed by atoms with E-state index in [1.54, 1.807) is 57.5 Å². The number of hydrogen-bond acceptors (Lipinski definition) is 5. The highest BCUT2D eigenvalue weighted by Crippen LogP contribution is 2.41. The Labute approximate surface area is 193 Å². The minimum Gasteiger partial charge on any atom is -0.493 e. The molecule has 1 unspecified atom stereocenters. The van der Waals surface area contributed by atoms with Crippen LogP contribution in [0.15, 0.2) is 76.7 Å². The maximum absolute atomic E-state index is 13.7. The fourth-order valence-electron chi connectivity index (χ4n) is 3.82. The van der Waals surface area contributed by atoms with Gasteiger partial charge in [-0.3, -0.25) is 0 Å². The quantitative estimate of drug-likeness (QED) is 0.496. The lowest BCUT2D eigenvalue weighted by atomic mass is 9.99. The van der Waals surface area contributed by atoms with E-state index in [9.17, 15) is 8.42 Å². The molecule has 0 saturated heterocycles. The Morgan fingerprint density at radius 3 is 2.34 bits per heavy atom. The summed E-state index contributed by atoms with van der Waals surface area (Å²) in [5.41, 5.74) is 2.72. The van der Waals surface area contributed by atoms with E-state index >= 15 is 0 Å². The Balaban J connectivity index is 1.85.